The van der Waals surface area contributed by atoms with Gasteiger partial charge in [0.25, 0.3) is 0 Å². The summed E-state index contributed by atoms with van der Waals surface area (Å²) in [6.45, 7) is 1.81. The largest absolute Gasteiger partial charge is 0.382 e. The van der Waals surface area contributed by atoms with Crippen LogP contribution in [0.15, 0.2) is 29.0 Å². The standard InChI is InChI=1S/C13H9BrFN5/c1-6-17-5-8-3-2-7(4-9(8)18-6)10-13(16)20-12(15)11(14)19-10/h2-5H,1H3,(H2,16,20). The molecule has 0 unspecified atom stereocenters. The molecule has 0 amide bonds. The second kappa shape index (κ2) is 4.75. The molecule has 3 aromatic rings. The highest BCUT2D eigenvalue weighted by Gasteiger charge is 2.12. The monoisotopic (exact) mass is 333 g/mol. The van der Waals surface area contributed by atoms with Crippen LogP contribution in [0.3, 0.4) is 0 Å². The maximum Gasteiger partial charge on any atom is 0.247 e. The van der Waals surface area contributed by atoms with Gasteiger partial charge in [-0.2, -0.15) is 9.37 Å². The van der Waals surface area contributed by atoms with Crippen molar-refractivity contribution >= 4 is 32.7 Å². The second-order valence-electron chi connectivity index (χ2n) is 4.23. The fraction of sp³-hybridized carbons (Fsp3) is 0.0769. The zero-order valence-electron chi connectivity index (χ0n) is 10.4. The van der Waals surface area contributed by atoms with Crippen molar-refractivity contribution in [1.82, 2.24) is 19.9 Å². The Morgan fingerprint density at radius 3 is 2.80 bits per heavy atom. The minimum atomic E-state index is -0.731. The van der Waals surface area contributed by atoms with E-state index in [1.54, 1.807) is 6.20 Å². The van der Waals surface area contributed by atoms with Gasteiger partial charge in [0.05, 0.1) is 5.52 Å². The molecule has 0 saturated heterocycles. The molecule has 2 aromatic heterocycles. The fourth-order valence-electron chi connectivity index (χ4n) is 1.88. The van der Waals surface area contributed by atoms with Crippen molar-refractivity contribution in [3.8, 4) is 11.3 Å². The fourth-order valence-corrected chi connectivity index (χ4v) is 2.15. The minimum absolute atomic E-state index is 0.0284. The van der Waals surface area contributed by atoms with Gasteiger partial charge in [0.15, 0.2) is 10.4 Å². The van der Waals surface area contributed by atoms with Gasteiger partial charge in [0, 0.05) is 17.1 Å². The third kappa shape index (κ3) is 2.20. The quantitative estimate of drug-likeness (QED) is 0.740. The minimum Gasteiger partial charge on any atom is -0.382 e. The highest BCUT2D eigenvalue weighted by Crippen LogP contribution is 2.27. The molecule has 0 aliphatic carbocycles. The molecule has 100 valence electrons. The summed E-state index contributed by atoms with van der Waals surface area (Å²) in [5.41, 5.74) is 7.64. The molecule has 0 atom stereocenters. The summed E-state index contributed by atoms with van der Waals surface area (Å²) in [5.74, 6) is -0.0185. The number of nitrogen functional groups attached to an aromatic ring is 1. The van der Waals surface area contributed by atoms with E-state index in [1.165, 1.54) is 0 Å². The average molecular weight is 334 g/mol. The van der Waals surface area contributed by atoms with Crippen LogP contribution in [0.4, 0.5) is 10.2 Å². The van der Waals surface area contributed by atoms with E-state index >= 15 is 0 Å². The highest BCUT2D eigenvalue weighted by molar-refractivity contribution is 9.10. The predicted octanol–water partition coefficient (Wildman–Crippen LogP) is 2.88. The third-order valence-electron chi connectivity index (χ3n) is 2.82. The Bertz CT molecular complexity index is 821. The van der Waals surface area contributed by atoms with Crippen LogP contribution in [-0.4, -0.2) is 19.9 Å². The summed E-state index contributed by atoms with van der Waals surface area (Å²) in [6.07, 6.45) is 1.75. The Balaban J connectivity index is 2.22. The first-order valence-electron chi connectivity index (χ1n) is 5.77. The molecule has 0 fully saturated rings. The molecule has 20 heavy (non-hydrogen) atoms. The van der Waals surface area contributed by atoms with Gasteiger partial charge >= 0.3 is 0 Å². The van der Waals surface area contributed by atoms with Crippen LogP contribution in [-0.2, 0) is 0 Å². The lowest BCUT2D eigenvalue weighted by Crippen LogP contribution is -2.01. The molecule has 7 heteroatoms. The van der Waals surface area contributed by atoms with E-state index in [0.29, 0.717) is 11.5 Å². The number of hydrogen-bond acceptors (Lipinski definition) is 5. The molecule has 1 aromatic carbocycles. The maximum absolute atomic E-state index is 13.3. The summed E-state index contributed by atoms with van der Waals surface area (Å²) in [4.78, 5) is 16.2. The molecule has 0 aliphatic heterocycles. The van der Waals surface area contributed by atoms with Gasteiger partial charge in [-0.25, -0.2) is 15.0 Å². The van der Waals surface area contributed by atoms with Crippen molar-refractivity contribution in [3.63, 3.8) is 0 Å². The van der Waals surface area contributed by atoms with Crippen molar-refractivity contribution in [2.45, 2.75) is 6.92 Å². The number of benzene rings is 1. The lowest BCUT2D eigenvalue weighted by molar-refractivity contribution is 0.571. The average Bonchev–Trinajstić information content (AvgIpc) is 2.42. The van der Waals surface area contributed by atoms with Crippen LogP contribution in [0.5, 0.6) is 0 Å². The third-order valence-corrected chi connectivity index (χ3v) is 3.32. The summed E-state index contributed by atoms with van der Waals surface area (Å²) in [6, 6.07) is 5.52. The Morgan fingerprint density at radius 1 is 1.20 bits per heavy atom. The maximum atomic E-state index is 13.3. The van der Waals surface area contributed by atoms with Gasteiger partial charge < -0.3 is 5.73 Å². The van der Waals surface area contributed by atoms with E-state index < -0.39 is 5.95 Å². The molecule has 0 radical (unpaired) electrons. The van der Waals surface area contributed by atoms with Gasteiger partial charge in [0.1, 0.15) is 11.5 Å². The van der Waals surface area contributed by atoms with Gasteiger partial charge in [-0.1, -0.05) is 12.1 Å². The lowest BCUT2D eigenvalue weighted by Gasteiger charge is -2.06. The van der Waals surface area contributed by atoms with Gasteiger partial charge in [0.2, 0.25) is 5.95 Å². The second-order valence-corrected chi connectivity index (χ2v) is 4.98. The highest BCUT2D eigenvalue weighted by atomic mass is 79.9. The normalized spacial score (nSPS) is 10.9. The zero-order valence-corrected chi connectivity index (χ0v) is 12.0. The molecular weight excluding hydrogens is 325 g/mol. The van der Waals surface area contributed by atoms with Crippen LogP contribution < -0.4 is 5.73 Å². The van der Waals surface area contributed by atoms with Crippen LogP contribution in [0.2, 0.25) is 0 Å². The van der Waals surface area contributed by atoms with Crippen LogP contribution in [0, 0.1) is 12.9 Å². The van der Waals surface area contributed by atoms with E-state index in [9.17, 15) is 4.39 Å². The summed E-state index contributed by atoms with van der Waals surface area (Å²) in [7, 11) is 0. The number of nitrogens with two attached hydrogens (primary N) is 1. The lowest BCUT2D eigenvalue weighted by atomic mass is 10.1. The Kier molecular flexibility index (Phi) is 3.06. The first-order valence-corrected chi connectivity index (χ1v) is 6.56. The van der Waals surface area contributed by atoms with E-state index in [-0.39, 0.29) is 10.4 Å². The Morgan fingerprint density at radius 2 is 2.00 bits per heavy atom. The summed E-state index contributed by atoms with van der Waals surface area (Å²) in [5, 5.41) is 0.909. The first-order chi connectivity index (χ1) is 9.54. The Labute approximate surface area is 122 Å². The zero-order chi connectivity index (χ0) is 14.3. The number of hydrogen-bond donors (Lipinski definition) is 1. The molecule has 2 N–H and O–H groups in total. The smallest absolute Gasteiger partial charge is 0.247 e. The molecule has 0 spiro atoms. The molecule has 0 saturated carbocycles. The van der Waals surface area contributed by atoms with Crippen LogP contribution >= 0.6 is 15.9 Å². The van der Waals surface area contributed by atoms with Gasteiger partial charge in [-0.05, 0) is 28.9 Å². The van der Waals surface area contributed by atoms with Crippen LogP contribution in [0.1, 0.15) is 5.82 Å². The van der Waals surface area contributed by atoms with Gasteiger partial charge in [-0.3, -0.25) is 0 Å². The molecule has 3 rings (SSSR count). The summed E-state index contributed by atoms with van der Waals surface area (Å²) < 4.78 is 13.3. The number of fused-ring (bicyclic) bond motifs is 1. The van der Waals surface area contributed by atoms with Crippen LogP contribution in [0.25, 0.3) is 22.2 Å². The van der Waals surface area contributed by atoms with E-state index in [4.69, 9.17) is 5.73 Å². The number of halogens is 2. The van der Waals surface area contributed by atoms with E-state index in [0.717, 1.165) is 16.5 Å². The number of aromatic nitrogens is 4. The predicted molar refractivity (Wildman–Crippen MR) is 77.4 cm³/mol. The Hall–Kier alpha value is -2.15. The first kappa shape index (κ1) is 12.9. The molecule has 0 aliphatic rings. The number of nitrogens with zero attached hydrogens (tertiary/aromatic N) is 4. The van der Waals surface area contributed by atoms with E-state index in [2.05, 4.69) is 35.9 Å². The molecule has 2 heterocycles. The van der Waals surface area contributed by atoms with Crippen molar-refractivity contribution < 1.29 is 4.39 Å². The van der Waals surface area contributed by atoms with E-state index in [1.807, 2.05) is 25.1 Å². The van der Waals surface area contributed by atoms with Crippen molar-refractivity contribution in [1.29, 1.82) is 0 Å². The molecule has 5 nitrogen and oxygen atoms in total. The van der Waals surface area contributed by atoms with Crippen molar-refractivity contribution in [2.75, 3.05) is 5.73 Å². The number of rotatable bonds is 1. The number of anilines is 1. The molecule has 0 bridgehead atoms. The summed E-state index contributed by atoms with van der Waals surface area (Å²) >= 11 is 3.01. The topological polar surface area (TPSA) is 77.6 Å². The van der Waals surface area contributed by atoms with Crippen molar-refractivity contribution in [3.05, 3.63) is 40.8 Å². The van der Waals surface area contributed by atoms with Crippen molar-refractivity contribution in [2.24, 2.45) is 0 Å². The SMILES string of the molecule is Cc1ncc2ccc(-c3nc(Br)c(F)nc3N)cc2n1. The van der Waals surface area contributed by atoms with Gasteiger partial charge in [-0.15, -0.1) is 0 Å². The number of aryl methyl sites for hydroxylation is 1. The molecular formula is C13H9BrFN5.